The van der Waals surface area contributed by atoms with Gasteiger partial charge in [0.05, 0.1) is 18.5 Å². The van der Waals surface area contributed by atoms with Crippen LogP contribution in [-0.2, 0) is 4.74 Å². The lowest BCUT2D eigenvalue weighted by molar-refractivity contribution is -0.274. The molecule has 12 heteroatoms. The predicted octanol–water partition coefficient (Wildman–Crippen LogP) is 4.00. The molecule has 0 spiro atoms. The number of hydrogen-bond donors (Lipinski definition) is 0. The molecule has 4 rings (SSSR count). The van der Waals surface area contributed by atoms with E-state index < -0.39 is 6.36 Å². The summed E-state index contributed by atoms with van der Waals surface area (Å²) < 4.78 is 67.4. The first-order chi connectivity index (χ1) is 15.4. The molecule has 170 valence electrons. The summed E-state index contributed by atoms with van der Waals surface area (Å²) >= 11 is 0. The van der Waals surface area contributed by atoms with Gasteiger partial charge < -0.3 is 28.2 Å². The highest BCUT2D eigenvalue weighted by Gasteiger charge is 2.34. The summed E-state index contributed by atoms with van der Waals surface area (Å²) in [4.78, 5) is 8.44. The molecule has 0 unspecified atom stereocenters. The maximum absolute atomic E-state index is 12.3. The topological polar surface area (TPSA) is 98.0 Å². The van der Waals surface area contributed by atoms with Crippen molar-refractivity contribution in [3.8, 4) is 34.7 Å². The van der Waals surface area contributed by atoms with Crippen LogP contribution in [0.2, 0.25) is 0 Å². The fourth-order valence-corrected chi connectivity index (χ4v) is 2.89. The molecule has 32 heavy (non-hydrogen) atoms. The van der Waals surface area contributed by atoms with Crippen molar-refractivity contribution in [1.29, 1.82) is 0 Å². The Balaban J connectivity index is 1.25. The number of halogens is 3. The maximum atomic E-state index is 12.3. The highest BCUT2D eigenvalue weighted by Crippen LogP contribution is 2.32. The Labute approximate surface area is 180 Å². The molecule has 0 saturated heterocycles. The number of ether oxygens (including phenoxy) is 5. The lowest BCUT2D eigenvalue weighted by Crippen LogP contribution is -2.41. The molecule has 0 atom stereocenters. The second-order valence-electron chi connectivity index (χ2n) is 6.79. The zero-order valence-electron chi connectivity index (χ0n) is 16.7. The Bertz CT molecular complexity index is 1020. The van der Waals surface area contributed by atoms with Crippen LogP contribution in [-0.4, -0.2) is 47.6 Å². The molecule has 1 saturated carbocycles. The summed E-state index contributed by atoms with van der Waals surface area (Å²) in [6.45, 7) is 0.0449. The third kappa shape index (κ3) is 5.78. The van der Waals surface area contributed by atoms with E-state index >= 15 is 0 Å². The second-order valence-corrected chi connectivity index (χ2v) is 6.79. The van der Waals surface area contributed by atoms with Gasteiger partial charge in [-0.1, -0.05) is 6.07 Å². The summed E-state index contributed by atoms with van der Waals surface area (Å²) in [5.74, 6) is 0.930. The van der Waals surface area contributed by atoms with E-state index in [1.807, 2.05) is 0 Å². The fourth-order valence-electron chi connectivity index (χ4n) is 2.89. The second kappa shape index (κ2) is 9.30. The van der Waals surface area contributed by atoms with E-state index in [0.29, 0.717) is 35.9 Å². The molecule has 0 amide bonds. The molecule has 1 aliphatic carbocycles. The average Bonchev–Trinajstić information content (AvgIpc) is 3.19. The monoisotopic (exact) mass is 453 g/mol. The molecule has 1 fully saturated rings. The van der Waals surface area contributed by atoms with Crippen LogP contribution in [0.25, 0.3) is 11.5 Å². The summed E-state index contributed by atoms with van der Waals surface area (Å²) in [5.41, 5.74) is 0.452. The average molecular weight is 453 g/mol. The van der Waals surface area contributed by atoms with Crippen LogP contribution in [0.4, 0.5) is 13.2 Å². The first-order valence-corrected chi connectivity index (χ1v) is 9.48. The number of benzene rings is 1. The standard InChI is InChI=1S/C20H18F3N3O6/c1-27-11-28-18-8-17(32-26-18)16-9-25-19(10-24-16)30-15-6-14(7-15)29-12-3-2-4-13(5-12)31-20(21,22)23/h2-5,8-10,14-15H,6-7,11H2,1H3/t14-,15-. The SMILES string of the molecule is COCOc1cc(-c2cnc(O[C@H]3C[C@H](Oc4cccc(OC(F)(F)F)c4)C3)cn2)on1. The van der Waals surface area contributed by atoms with Crippen LogP contribution in [0.15, 0.2) is 47.2 Å². The summed E-state index contributed by atoms with van der Waals surface area (Å²) in [6, 6.07) is 6.97. The third-order valence-corrected chi connectivity index (χ3v) is 4.37. The lowest BCUT2D eigenvalue weighted by atomic mass is 9.92. The molecular formula is C20H18F3N3O6. The molecule has 0 bridgehead atoms. The van der Waals surface area contributed by atoms with Crippen molar-refractivity contribution in [2.24, 2.45) is 0 Å². The Hall–Kier alpha value is -3.54. The van der Waals surface area contributed by atoms with Gasteiger partial charge in [-0.25, -0.2) is 9.97 Å². The maximum Gasteiger partial charge on any atom is 0.573 e. The Morgan fingerprint density at radius 3 is 2.50 bits per heavy atom. The van der Waals surface area contributed by atoms with Gasteiger partial charge in [-0.05, 0) is 17.3 Å². The number of methoxy groups -OCH3 is 1. The Morgan fingerprint density at radius 1 is 1.00 bits per heavy atom. The molecule has 2 aromatic heterocycles. The van der Waals surface area contributed by atoms with E-state index in [1.165, 1.54) is 37.7 Å². The summed E-state index contributed by atoms with van der Waals surface area (Å²) in [5, 5.41) is 3.74. The van der Waals surface area contributed by atoms with Gasteiger partial charge in [0.25, 0.3) is 5.88 Å². The van der Waals surface area contributed by atoms with E-state index in [1.54, 1.807) is 12.1 Å². The van der Waals surface area contributed by atoms with Crippen molar-refractivity contribution >= 4 is 0 Å². The smallest absolute Gasteiger partial charge is 0.490 e. The number of rotatable bonds is 9. The van der Waals surface area contributed by atoms with Crippen LogP contribution >= 0.6 is 0 Å². The van der Waals surface area contributed by atoms with Crippen molar-refractivity contribution in [3.63, 3.8) is 0 Å². The van der Waals surface area contributed by atoms with Crippen LogP contribution in [0, 0.1) is 0 Å². The number of hydrogen-bond acceptors (Lipinski definition) is 9. The highest BCUT2D eigenvalue weighted by atomic mass is 19.4. The first kappa shape index (κ1) is 21.7. The van der Waals surface area contributed by atoms with Gasteiger partial charge in [-0.3, -0.25) is 0 Å². The molecule has 2 heterocycles. The highest BCUT2D eigenvalue weighted by molar-refractivity contribution is 5.51. The molecule has 0 N–H and O–H groups in total. The van der Waals surface area contributed by atoms with E-state index in [0.717, 1.165) is 0 Å². The molecule has 3 aromatic rings. The third-order valence-electron chi connectivity index (χ3n) is 4.37. The normalized spacial score (nSPS) is 18.0. The minimum Gasteiger partial charge on any atom is -0.490 e. The molecule has 1 aromatic carbocycles. The minimum atomic E-state index is -4.75. The van der Waals surface area contributed by atoms with Gasteiger partial charge in [-0.2, -0.15) is 0 Å². The molecular weight excluding hydrogens is 435 g/mol. The number of nitrogens with zero attached hydrogens (tertiary/aromatic N) is 3. The largest absolute Gasteiger partial charge is 0.573 e. The van der Waals surface area contributed by atoms with Gasteiger partial charge >= 0.3 is 6.36 Å². The number of aromatic nitrogens is 3. The summed E-state index contributed by atoms with van der Waals surface area (Å²) in [7, 11) is 1.49. The fraction of sp³-hybridized carbons (Fsp3) is 0.350. The van der Waals surface area contributed by atoms with E-state index in [-0.39, 0.29) is 30.6 Å². The molecule has 9 nitrogen and oxygen atoms in total. The summed E-state index contributed by atoms with van der Waals surface area (Å²) in [6.07, 6.45) is -1.04. The van der Waals surface area contributed by atoms with E-state index in [9.17, 15) is 13.2 Å². The first-order valence-electron chi connectivity index (χ1n) is 9.48. The molecule has 1 aliphatic rings. The van der Waals surface area contributed by atoms with Gasteiger partial charge in [0.15, 0.2) is 12.6 Å². The Kier molecular flexibility index (Phi) is 6.30. The van der Waals surface area contributed by atoms with Crippen LogP contribution < -0.4 is 18.9 Å². The molecule has 0 aliphatic heterocycles. The van der Waals surface area contributed by atoms with Gasteiger partial charge in [0.1, 0.15) is 29.4 Å². The predicted molar refractivity (Wildman–Crippen MR) is 101 cm³/mol. The number of alkyl halides is 3. The van der Waals surface area contributed by atoms with Gasteiger partial charge in [0, 0.05) is 26.0 Å². The van der Waals surface area contributed by atoms with E-state index in [4.69, 9.17) is 23.5 Å². The van der Waals surface area contributed by atoms with E-state index in [2.05, 4.69) is 19.9 Å². The van der Waals surface area contributed by atoms with Crippen molar-refractivity contribution in [2.75, 3.05) is 13.9 Å². The van der Waals surface area contributed by atoms with Gasteiger partial charge in [-0.15, -0.1) is 13.2 Å². The Morgan fingerprint density at radius 2 is 1.78 bits per heavy atom. The minimum absolute atomic E-state index is 0.0449. The van der Waals surface area contributed by atoms with Crippen LogP contribution in [0.1, 0.15) is 12.8 Å². The van der Waals surface area contributed by atoms with Crippen LogP contribution in [0.5, 0.6) is 23.3 Å². The van der Waals surface area contributed by atoms with Crippen LogP contribution in [0.3, 0.4) is 0 Å². The van der Waals surface area contributed by atoms with Gasteiger partial charge in [0.2, 0.25) is 5.88 Å². The zero-order chi connectivity index (χ0) is 22.6. The van der Waals surface area contributed by atoms with Crippen molar-refractivity contribution in [3.05, 3.63) is 42.7 Å². The lowest BCUT2D eigenvalue weighted by Gasteiger charge is -2.34. The quantitative estimate of drug-likeness (QED) is 0.445. The molecule has 0 radical (unpaired) electrons. The van der Waals surface area contributed by atoms with Crippen molar-refractivity contribution in [2.45, 2.75) is 31.4 Å². The van der Waals surface area contributed by atoms with Crippen molar-refractivity contribution < 1.29 is 41.4 Å². The zero-order valence-corrected chi connectivity index (χ0v) is 16.7. The van der Waals surface area contributed by atoms with Crippen molar-refractivity contribution in [1.82, 2.24) is 15.1 Å².